The summed E-state index contributed by atoms with van der Waals surface area (Å²) < 4.78 is 0. The number of nitrogens with one attached hydrogen (secondary N) is 1. The molecule has 0 unspecified atom stereocenters. The molecule has 0 heterocycles. The Labute approximate surface area is 63.9 Å². The highest BCUT2D eigenvalue weighted by atomic mass is 32.1. The summed E-state index contributed by atoms with van der Waals surface area (Å²) in [6.45, 7) is 3.37. The summed E-state index contributed by atoms with van der Waals surface area (Å²) in [7, 11) is 0. The van der Waals surface area contributed by atoms with Crippen molar-refractivity contribution < 1.29 is 10.4 Å². The number of hydroxylamine groups is 2. The molecule has 0 aromatic rings. The van der Waals surface area contributed by atoms with Crippen LogP contribution in [0.1, 0.15) is 13.8 Å². The van der Waals surface area contributed by atoms with E-state index >= 15 is 0 Å². The Bertz CT molecular complexity index is 155. The van der Waals surface area contributed by atoms with Crippen LogP contribution in [0.5, 0.6) is 0 Å². The maximum atomic E-state index is 8.77. The van der Waals surface area contributed by atoms with E-state index in [-0.39, 0.29) is 5.11 Å². The van der Waals surface area contributed by atoms with Gasteiger partial charge in [-0.3, -0.25) is 10.4 Å². The first-order chi connectivity index (χ1) is 4.57. The van der Waals surface area contributed by atoms with E-state index in [9.17, 15) is 0 Å². The molecule has 10 heavy (non-hydrogen) atoms. The number of hydrogen-bond donors (Lipinski definition) is 3. The largest absolute Gasteiger partial charge is 0.289 e. The molecule has 0 aliphatic carbocycles. The highest BCUT2D eigenvalue weighted by Crippen LogP contribution is 1.85. The van der Waals surface area contributed by atoms with E-state index in [1.54, 1.807) is 19.3 Å². The van der Waals surface area contributed by atoms with Crippen molar-refractivity contribution in [2.24, 2.45) is 5.10 Å². The lowest BCUT2D eigenvalue weighted by Gasteiger charge is -2.09. The number of nitrogens with zero attached hydrogens (tertiary/aromatic N) is 2. The SMILES string of the molecule is CC(C)=NN(O)C(=S)NO. The van der Waals surface area contributed by atoms with Crippen LogP contribution < -0.4 is 5.48 Å². The zero-order valence-electron chi connectivity index (χ0n) is 5.70. The third-order valence-corrected chi connectivity index (χ3v) is 0.827. The fourth-order valence-corrected chi connectivity index (χ4v) is 0.320. The number of hydrogen-bond acceptors (Lipinski definition) is 4. The minimum Gasteiger partial charge on any atom is -0.289 e. The number of thiocarbonyl (C=S) groups is 1. The van der Waals surface area contributed by atoms with Crippen LogP contribution in [0.15, 0.2) is 5.10 Å². The predicted molar refractivity (Wildman–Crippen MR) is 39.9 cm³/mol. The van der Waals surface area contributed by atoms with E-state index in [2.05, 4.69) is 17.3 Å². The minimum atomic E-state index is -0.263. The zero-order valence-corrected chi connectivity index (χ0v) is 6.51. The van der Waals surface area contributed by atoms with Crippen molar-refractivity contribution in [1.82, 2.24) is 10.7 Å². The smallest absolute Gasteiger partial charge is 0.241 e. The van der Waals surface area contributed by atoms with Gasteiger partial charge in [0.1, 0.15) is 0 Å². The van der Waals surface area contributed by atoms with E-state index in [4.69, 9.17) is 10.4 Å². The molecule has 0 aliphatic heterocycles. The van der Waals surface area contributed by atoms with Gasteiger partial charge in [0.2, 0.25) is 5.11 Å². The first-order valence-corrected chi connectivity index (χ1v) is 2.93. The first kappa shape index (κ1) is 9.28. The van der Waals surface area contributed by atoms with Crippen molar-refractivity contribution >= 4 is 23.0 Å². The Kier molecular flexibility index (Phi) is 3.85. The van der Waals surface area contributed by atoms with E-state index < -0.39 is 0 Å². The maximum Gasteiger partial charge on any atom is 0.241 e. The second kappa shape index (κ2) is 4.15. The first-order valence-electron chi connectivity index (χ1n) is 2.52. The van der Waals surface area contributed by atoms with E-state index in [0.29, 0.717) is 10.9 Å². The van der Waals surface area contributed by atoms with Gasteiger partial charge in [0.15, 0.2) is 0 Å². The van der Waals surface area contributed by atoms with Crippen molar-refractivity contribution in [3.05, 3.63) is 0 Å². The third kappa shape index (κ3) is 3.33. The van der Waals surface area contributed by atoms with Crippen LogP contribution in [0.3, 0.4) is 0 Å². The van der Waals surface area contributed by atoms with Crippen LogP contribution in [0.25, 0.3) is 0 Å². The number of rotatable bonds is 1. The van der Waals surface area contributed by atoms with E-state index in [1.165, 1.54) is 0 Å². The molecule has 3 N–H and O–H groups in total. The second-order valence-electron chi connectivity index (χ2n) is 1.75. The molecule has 0 radical (unpaired) electrons. The van der Waals surface area contributed by atoms with Gasteiger partial charge in [-0.15, -0.1) is 5.17 Å². The molecule has 58 valence electrons. The summed E-state index contributed by atoms with van der Waals surface area (Å²) in [5.74, 6) is 0. The fourth-order valence-electron chi connectivity index (χ4n) is 0.280. The van der Waals surface area contributed by atoms with Gasteiger partial charge in [0, 0.05) is 5.71 Å². The predicted octanol–water partition coefficient (Wildman–Crippen LogP) is 0.337. The van der Waals surface area contributed by atoms with Gasteiger partial charge >= 0.3 is 0 Å². The monoisotopic (exact) mass is 163 g/mol. The Morgan fingerprint density at radius 1 is 1.60 bits per heavy atom. The van der Waals surface area contributed by atoms with Gasteiger partial charge in [0.25, 0.3) is 0 Å². The molecule has 0 aromatic heterocycles. The fraction of sp³-hybridized carbons (Fsp3) is 0.500. The molecule has 0 aromatic carbocycles. The molecule has 5 nitrogen and oxygen atoms in total. The van der Waals surface area contributed by atoms with Gasteiger partial charge in [-0.2, -0.15) is 5.10 Å². The van der Waals surface area contributed by atoms with Crippen LogP contribution >= 0.6 is 12.2 Å². The van der Waals surface area contributed by atoms with Crippen molar-refractivity contribution in [3.8, 4) is 0 Å². The molecule has 0 aliphatic rings. The Hall–Kier alpha value is -0.720. The van der Waals surface area contributed by atoms with Crippen molar-refractivity contribution in [3.63, 3.8) is 0 Å². The summed E-state index contributed by atoms with van der Waals surface area (Å²) in [5, 5.41) is 20.5. The highest BCUT2D eigenvalue weighted by Gasteiger charge is 2.00. The molecule has 6 heteroatoms. The quantitative estimate of drug-likeness (QED) is 0.295. The van der Waals surface area contributed by atoms with Gasteiger partial charge in [-0.1, -0.05) is 0 Å². The van der Waals surface area contributed by atoms with Crippen LogP contribution in [0.4, 0.5) is 0 Å². The van der Waals surface area contributed by atoms with E-state index in [1.807, 2.05) is 0 Å². The molecule has 0 atom stereocenters. The van der Waals surface area contributed by atoms with Crippen molar-refractivity contribution in [1.29, 1.82) is 0 Å². The summed E-state index contributed by atoms with van der Waals surface area (Å²) in [6, 6.07) is 0. The standard InChI is InChI=1S/C4H9N3O2S/c1-3(2)5-7(9)4(10)6-8/h8-9H,1-2H3,(H,6,10). The van der Waals surface area contributed by atoms with Gasteiger partial charge < -0.3 is 0 Å². The topological polar surface area (TPSA) is 68.1 Å². The summed E-state index contributed by atoms with van der Waals surface area (Å²) in [4.78, 5) is 0. The van der Waals surface area contributed by atoms with Crippen molar-refractivity contribution in [2.75, 3.05) is 0 Å². The van der Waals surface area contributed by atoms with Crippen LogP contribution in [0, 0.1) is 0 Å². The lowest BCUT2D eigenvalue weighted by molar-refractivity contribution is -0.0219. The molecule has 0 rings (SSSR count). The van der Waals surface area contributed by atoms with Gasteiger partial charge in [-0.25, -0.2) is 5.48 Å². The Balaban J connectivity index is 3.96. The molecule has 0 saturated carbocycles. The normalized spacial score (nSPS) is 8.40. The van der Waals surface area contributed by atoms with Gasteiger partial charge in [-0.05, 0) is 26.1 Å². The average Bonchev–Trinajstić information content (AvgIpc) is 1.85. The highest BCUT2D eigenvalue weighted by molar-refractivity contribution is 7.80. The van der Waals surface area contributed by atoms with Crippen LogP contribution in [-0.2, 0) is 0 Å². The molecular weight excluding hydrogens is 154 g/mol. The van der Waals surface area contributed by atoms with Crippen LogP contribution in [-0.4, -0.2) is 26.4 Å². The molecular formula is C4H9N3O2S. The molecule has 0 amide bonds. The maximum absolute atomic E-state index is 8.77. The summed E-state index contributed by atoms with van der Waals surface area (Å²) in [6.07, 6.45) is 0. The summed E-state index contributed by atoms with van der Waals surface area (Å²) in [5.41, 5.74) is 2.20. The minimum absolute atomic E-state index is 0.263. The molecule has 0 spiro atoms. The third-order valence-electron chi connectivity index (χ3n) is 0.572. The zero-order chi connectivity index (χ0) is 8.15. The molecule has 0 saturated heterocycles. The molecule has 0 bridgehead atoms. The summed E-state index contributed by atoms with van der Waals surface area (Å²) >= 11 is 4.40. The van der Waals surface area contributed by atoms with Gasteiger partial charge in [0.05, 0.1) is 0 Å². The lowest BCUT2D eigenvalue weighted by Crippen LogP contribution is -2.32. The van der Waals surface area contributed by atoms with E-state index in [0.717, 1.165) is 0 Å². The second-order valence-corrected chi connectivity index (χ2v) is 2.14. The lowest BCUT2D eigenvalue weighted by atomic mass is 10.5. The Morgan fingerprint density at radius 2 is 2.10 bits per heavy atom. The van der Waals surface area contributed by atoms with Crippen molar-refractivity contribution in [2.45, 2.75) is 13.8 Å². The number of hydrazone groups is 1. The van der Waals surface area contributed by atoms with Crippen LogP contribution in [0.2, 0.25) is 0 Å². The average molecular weight is 163 g/mol. The Morgan fingerprint density at radius 3 is 2.40 bits per heavy atom. The molecule has 0 fully saturated rings.